The zero-order valence-corrected chi connectivity index (χ0v) is 12.6. The zero-order valence-electron chi connectivity index (χ0n) is 12.6. The van der Waals surface area contributed by atoms with Crippen molar-refractivity contribution in [3.05, 3.63) is 0 Å². The molecule has 17 heavy (non-hydrogen) atoms. The van der Waals surface area contributed by atoms with Gasteiger partial charge in [0, 0.05) is 0 Å². The quantitative estimate of drug-likeness (QED) is 0.433. The second kappa shape index (κ2) is 16.0. The van der Waals surface area contributed by atoms with Gasteiger partial charge in [-0.1, -0.05) is 110 Å². The van der Waals surface area contributed by atoms with Crippen molar-refractivity contribution in [2.45, 2.75) is 110 Å². The maximum absolute atomic E-state index is 2.12. The first-order valence-corrected chi connectivity index (χ1v) is 8.41. The van der Waals surface area contributed by atoms with Gasteiger partial charge in [0.25, 0.3) is 0 Å². The molecule has 0 N–H and O–H groups in total. The summed E-state index contributed by atoms with van der Waals surface area (Å²) in [5.74, 6) is 0. The van der Waals surface area contributed by atoms with Crippen LogP contribution in [0.25, 0.3) is 0 Å². The third kappa shape index (κ3) is 16.0. The Morgan fingerprint density at radius 2 is 0.412 bits per heavy atom. The molecule has 0 spiro atoms. The molecule has 0 nitrogen and oxygen atoms in total. The molecular weight excluding hydrogens is 204 g/mol. The van der Waals surface area contributed by atoms with Crippen LogP contribution >= 0.6 is 0 Å². The van der Waals surface area contributed by atoms with Crippen molar-refractivity contribution in [2.75, 3.05) is 0 Å². The van der Waals surface area contributed by atoms with Crippen LogP contribution in [-0.2, 0) is 0 Å². The molecule has 0 aromatic carbocycles. The van der Waals surface area contributed by atoms with Crippen molar-refractivity contribution >= 4 is 0 Å². The van der Waals surface area contributed by atoms with E-state index in [-0.39, 0.29) is 0 Å². The highest BCUT2D eigenvalue weighted by atomic mass is 14.0. The Morgan fingerprint density at radius 3 is 0.471 bits per heavy atom. The minimum atomic E-state index is 1.25. The molecule has 1 fully saturated rings. The summed E-state index contributed by atoms with van der Waals surface area (Å²) < 4.78 is 0. The van der Waals surface area contributed by atoms with Crippen LogP contribution in [0.15, 0.2) is 0 Å². The molecular formula is C17H36. The van der Waals surface area contributed by atoms with E-state index in [2.05, 4.69) is 13.8 Å². The zero-order chi connectivity index (χ0) is 12.6. The van der Waals surface area contributed by atoms with Crippen molar-refractivity contribution in [1.82, 2.24) is 0 Å². The summed E-state index contributed by atoms with van der Waals surface area (Å²) in [7, 11) is 0. The van der Waals surface area contributed by atoms with E-state index < -0.39 is 0 Å². The Bertz CT molecular complexity index is 63.9. The lowest BCUT2D eigenvalue weighted by Crippen LogP contribution is -1.85. The Hall–Kier alpha value is 0. The van der Waals surface area contributed by atoms with E-state index in [9.17, 15) is 0 Å². The third-order valence-electron chi connectivity index (χ3n) is 3.50. The van der Waals surface area contributed by atoms with Gasteiger partial charge in [0.05, 0.1) is 0 Å². The summed E-state index contributed by atoms with van der Waals surface area (Å²) in [5, 5.41) is 0. The molecule has 0 unspecified atom stereocenters. The minimum Gasteiger partial charge on any atom is -0.0656 e. The normalized spacial score (nSPS) is 20.8. The molecule has 0 saturated heterocycles. The average molecular weight is 240 g/mol. The molecule has 0 aromatic heterocycles. The summed E-state index contributed by atoms with van der Waals surface area (Å²) in [6.07, 6.45) is 22.2. The highest BCUT2D eigenvalue weighted by Crippen LogP contribution is 2.16. The summed E-state index contributed by atoms with van der Waals surface area (Å²) >= 11 is 0. The first kappa shape index (κ1) is 17.0. The molecule has 0 heteroatoms. The van der Waals surface area contributed by atoms with Crippen molar-refractivity contribution in [3.8, 4) is 0 Å². The van der Waals surface area contributed by atoms with Gasteiger partial charge in [0.15, 0.2) is 0 Å². The Morgan fingerprint density at radius 1 is 0.353 bits per heavy atom. The predicted octanol–water partition coefficient (Wildman–Crippen LogP) is 6.88. The van der Waals surface area contributed by atoms with Gasteiger partial charge in [-0.3, -0.25) is 0 Å². The van der Waals surface area contributed by atoms with Gasteiger partial charge in [-0.15, -0.1) is 0 Å². The molecule has 1 aliphatic rings. The SMILES string of the molecule is C1CCCCCCCCCCCCC1.CCC. The Kier molecular flexibility index (Phi) is 16.0. The number of hydrogen-bond acceptors (Lipinski definition) is 0. The molecule has 0 radical (unpaired) electrons. The van der Waals surface area contributed by atoms with Crippen LogP contribution in [0.2, 0.25) is 0 Å². The van der Waals surface area contributed by atoms with Crippen LogP contribution in [0.1, 0.15) is 110 Å². The third-order valence-corrected chi connectivity index (χ3v) is 3.50. The standard InChI is InChI=1S/C14H28.C3H8/c1-2-4-6-8-10-12-14-13-11-9-7-5-3-1;1-3-2/h1-14H2;3H2,1-2H3. The van der Waals surface area contributed by atoms with E-state index in [1.54, 1.807) is 0 Å². The number of rotatable bonds is 0. The van der Waals surface area contributed by atoms with Crippen molar-refractivity contribution in [1.29, 1.82) is 0 Å². The molecule has 104 valence electrons. The van der Waals surface area contributed by atoms with E-state index >= 15 is 0 Å². The minimum absolute atomic E-state index is 1.25. The van der Waals surface area contributed by atoms with Crippen LogP contribution in [0.4, 0.5) is 0 Å². The maximum atomic E-state index is 2.12. The maximum Gasteiger partial charge on any atom is -0.0533 e. The highest BCUT2D eigenvalue weighted by molar-refractivity contribution is 4.51. The van der Waals surface area contributed by atoms with Crippen LogP contribution in [0.3, 0.4) is 0 Å². The van der Waals surface area contributed by atoms with Crippen LogP contribution in [0, 0.1) is 0 Å². The molecule has 1 saturated carbocycles. The van der Waals surface area contributed by atoms with Crippen molar-refractivity contribution < 1.29 is 0 Å². The predicted molar refractivity (Wildman–Crippen MR) is 80.6 cm³/mol. The Balaban J connectivity index is 0.000000770. The average Bonchev–Trinajstić information content (AvgIpc) is 2.33. The van der Waals surface area contributed by atoms with Crippen molar-refractivity contribution in [2.24, 2.45) is 0 Å². The van der Waals surface area contributed by atoms with E-state index in [4.69, 9.17) is 0 Å². The fourth-order valence-electron chi connectivity index (χ4n) is 2.47. The van der Waals surface area contributed by atoms with Gasteiger partial charge >= 0.3 is 0 Å². The van der Waals surface area contributed by atoms with Crippen LogP contribution < -0.4 is 0 Å². The summed E-state index contributed by atoms with van der Waals surface area (Å²) in [6.45, 7) is 4.25. The van der Waals surface area contributed by atoms with Crippen LogP contribution in [-0.4, -0.2) is 0 Å². The molecule has 1 rings (SSSR count). The van der Waals surface area contributed by atoms with Gasteiger partial charge in [-0.05, 0) is 0 Å². The lowest BCUT2D eigenvalue weighted by atomic mass is 10.0. The van der Waals surface area contributed by atoms with Gasteiger partial charge in [0.1, 0.15) is 0 Å². The van der Waals surface area contributed by atoms with Gasteiger partial charge in [-0.25, -0.2) is 0 Å². The molecule has 0 heterocycles. The van der Waals surface area contributed by atoms with Gasteiger partial charge in [-0.2, -0.15) is 0 Å². The van der Waals surface area contributed by atoms with E-state index in [1.165, 1.54) is 96.3 Å². The van der Waals surface area contributed by atoms with E-state index in [1.807, 2.05) is 0 Å². The molecule has 1 aliphatic carbocycles. The first-order valence-electron chi connectivity index (χ1n) is 8.41. The monoisotopic (exact) mass is 240 g/mol. The lowest BCUT2D eigenvalue weighted by molar-refractivity contribution is 0.504. The van der Waals surface area contributed by atoms with E-state index in [0.29, 0.717) is 0 Å². The summed E-state index contributed by atoms with van der Waals surface area (Å²) in [6, 6.07) is 0. The molecule has 0 aromatic rings. The number of hydrogen-bond donors (Lipinski definition) is 0. The van der Waals surface area contributed by atoms with Crippen molar-refractivity contribution in [3.63, 3.8) is 0 Å². The topological polar surface area (TPSA) is 0 Å². The molecule has 0 amide bonds. The summed E-state index contributed by atoms with van der Waals surface area (Å²) in [4.78, 5) is 0. The van der Waals surface area contributed by atoms with Crippen LogP contribution in [0.5, 0.6) is 0 Å². The fraction of sp³-hybridized carbons (Fsp3) is 1.00. The van der Waals surface area contributed by atoms with Gasteiger partial charge in [0.2, 0.25) is 0 Å². The molecule has 0 atom stereocenters. The summed E-state index contributed by atoms with van der Waals surface area (Å²) in [5.41, 5.74) is 0. The smallest absolute Gasteiger partial charge is 0.0533 e. The highest BCUT2D eigenvalue weighted by Gasteiger charge is 1.96. The first-order chi connectivity index (χ1) is 8.41. The molecule has 0 aliphatic heterocycles. The lowest BCUT2D eigenvalue weighted by Gasteiger charge is -2.05. The van der Waals surface area contributed by atoms with E-state index in [0.717, 1.165) is 0 Å². The second-order valence-corrected chi connectivity index (χ2v) is 5.66. The largest absolute Gasteiger partial charge is 0.0656 e. The van der Waals surface area contributed by atoms with Gasteiger partial charge < -0.3 is 0 Å². The second-order valence-electron chi connectivity index (χ2n) is 5.66. The Labute approximate surface area is 111 Å². The molecule has 0 bridgehead atoms. The fourth-order valence-corrected chi connectivity index (χ4v) is 2.47.